The highest BCUT2D eigenvalue weighted by molar-refractivity contribution is 6.39. The van der Waals surface area contributed by atoms with E-state index in [1.165, 1.54) is 0 Å². The Hall–Kier alpha value is -0.610. The third-order valence-electron chi connectivity index (χ3n) is 3.20. The lowest BCUT2D eigenvalue weighted by Gasteiger charge is -2.31. The maximum Gasteiger partial charge on any atom is 0.179 e. The molecule has 5 heteroatoms. The second kappa shape index (κ2) is 6.02. The summed E-state index contributed by atoms with van der Waals surface area (Å²) in [6, 6.07) is 5.15. The van der Waals surface area contributed by atoms with Crippen LogP contribution in [0.5, 0.6) is 0 Å². The van der Waals surface area contributed by atoms with Gasteiger partial charge in [0.25, 0.3) is 0 Å². The Morgan fingerprint density at radius 3 is 2.28 bits per heavy atom. The highest BCUT2D eigenvalue weighted by Gasteiger charge is 2.20. The van der Waals surface area contributed by atoms with Crippen LogP contribution >= 0.6 is 23.2 Å². The van der Waals surface area contributed by atoms with Gasteiger partial charge in [-0.25, -0.2) is 0 Å². The molecule has 1 aliphatic rings. The van der Waals surface area contributed by atoms with Crippen molar-refractivity contribution in [1.82, 2.24) is 9.80 Å². The van der Waals surface area contributed by atoms with E-state index in [2.05, 4.69) is 16.8 Å². The van der Waals surface area contributed by atoms with E-state index in [4.69, 9.17) is 23.2 Å². The molecule has 1 saturated heterocycles. The summed E-state index contributed by atoms with van der Waals surface area (Å²) in [4.78, 5) is 16.6. The van der Waals surface area contributed by atoms with Crippen LogP contribution in [-0.4, -0.2) is 55.4 Å². The molecule has 0 atom stereocenters. The molecule has 0 saturated carbocycles. The largest absolute Gasteiger partial charge is 0.304 e. The molecule has 2 rings (SSSR count). The van der Waals surface area contributed by atoms with Gasteiger partial charge in [0.05, 0.1) is 22.2 Å². The third-order valence-corrected chi connectivity index (χ3v) is 3.83. The molecule has 1 aromatic rings. The second-order valence-electron chi connectivity index (χ2n) is 4.60. The van der Waals surface area contributed by atoms with Crippen LogP contribution < -0.4 is 0 Å². The lowest BCUT2D eigenvalue weighted by molar-refractivity contribution is 0.0876. The first-order valence-electron chi connectivity index (χ1n) is 5.96. The highest BCUT2D eigenvalue weighted by atomic mass is 35.5. The zero-order valence-electron chi connectivity index (χ0n) is 10.3. The number of hydrogen-bond acceptors (Lipinski definition) is 3. The van der Waals surface area contributed by atoms with Crippen molar-refractivity contribution in [2.24, 2.45) is 0 Å². The van der Waals surface area contributed by atoms with Gasteiger partial charge >= 0.3 is 0 Å². The zero-order chi connectivity index (χ0) is 13.1. The summed E-state index contributed by atoms with van der Waals surface area (Å²) in [5.74, 6) is -0.00449. The van der Waals surface area contributed by atoms with E-state index in [0.29, 0.717) is 22.2 Å². The van der Waals surface area contributed by atoms with Gasteiger partial charge in [-0.1, -0.05) is 29.3 Å². The molecule has 0 N–H and O–H groups in total. The molecule has 1 aromatic carbocycles. The number of nitrogens with zero attached hydrogens (tertiary/aromatic N) is 2. The molecule has 3 nitrogen and oxygen atoms in total. The van der Waals surface area contributed by atoms with E-state index in [1.54, 1.807) is 18.2 Å². The third kappa shape index (κ3) is 3.23. The van der Waals surface area contributed by atoms with Crippen molar-refractivity contribution in [3.05, 3.63) is 33.8 Å². The van der Waals surface area contributed by atoms with Crippen LogP contribution in [0.2, 0.25) is 10.0 Å². The first-order valence-corrected chi connectivity index (χ1v) is 6.71. The van der Waals surface area contributed by atoms with E-state index in [0.717, 1.165) is 26.2 Å². The number of rotatable bonds is 3. The van der Waals surface area contributed by atoms with Gasteiger partial charge in [-0.15, -0.1) is 0 Å². The lowest BCUT2D eigenvalue weighted by Crippen LogP contribution is -2.46. The summed E-state index contributed by atoms with van der Waals surface area (Å²) < 4.78 is 0. The summed E-state index contributed by atoms with van der Waals surface area (Å²) in [6.07, 6.45) is 0. The number of likely N-dealkylation sites (N-methyl/N-ethyl adjacent to an activating group) is 1. The average molecular weight is 287 g/mol. The molecule has 0 aromatic heterocycles. The first-order chi connectivity index (χ1) is 8.58. The van der Waals surface area contributed by atoms with Crippen LogP contribution in [0.3, 0.4) is 0 Å². The van der Waals surface area contributed by atoms with Gasteiger partial charge in [0.2, 0.25) is 0 Å². The Morgan fingerprint density at radius 1 is 1.17 bits per heavy atom. The predicted octanol–water partition coefficient (Wildman–Crippen LogP) is 2.42. The van der Waals surface area contributed by atoms with E-state index >= 15 is 0 Å². The molecule has 98 valence electrons. The monoisotopic (exact) mass is 286 g/mol. The lowest BCUT2D eigenvalue weighted by atomic mass is 10.1. The average Bonchev–Trinajstić information content (AvgIpc) is 2.32. The molecule has 0 unspecified atom stereocenters. The standard InChI is InChI=1S/C13H16Cl2N2O/c1-16-5-7-17(8-6-16)9-12(18)13-10(14)3-2-4-11(13)15/h2-4H,5-9H2,1H3. The fourth-order valence-corrected chi connectivity index (χ4v) is 2.66. The predicted molar refractivity (Wildman–Crippen MR) is 74.7 cm³/mol. The van der Waals surface area contributed by atoms with Crippen molar-refractivity contribution in [2.45, 2.75) is 0 Å². The van der Waals surface area contributed by atoms with Crippen molar-refractivity contribution in [3.63, 3.8) is 0 Å². The van der Waals surface area contributed by atoms with E-state index in [-0.39, 0.29) is 5.78 Å². The van der Waals surface area contributed by atoms with Gasteiger partial charge < -0.3 is 4.90 Å². The topological polar surface area (TPSA) is 23.6 Å². The number of Topliss-reactive ketones (excluding diaryl/α,β-unsaturated/α-hetero) is 1. The fourth-order valence-electron chi connectivity index (χ4n) is 2.05. The van der Waals surface area contributed by atoms with Crippen molar-refractivity contribution in [1.29, 1.82) is 0 Å². The van der Waals surface area contributed by atoms with Crippen molar-refractivity contribution in [3.8, 4) is 0 Å². The van der Waals surface area contributed by atoms with Gasteiger partial charge in [0.15, 0.2) is 5.78 Å². The fraction of sp³-hybridized carbons (Fsp3) is 0.462. The van der Waals surface area contributed by atoms with E-state index in [1.807, 2.05) is 0 Å². The van der Waals surface area contributed by atoms with Crippen LogP contribution in [-0.2, 0) is 0 Å². The van der Waals surface area contributed by atoms with Crippen LogP contribution in [0.4, 0.5) is 0 Å². The highest BCUT2D eigenvalue weighted by Crippen LogP contribution is 2.24. The number of ketones is 1. The van der Waals surface area contributed by atoms with Gasteiger partial charge in [-0.3, -0.25) is 9.69 Å². The Bertz CT molecular complexity index is 422. The molecule has 18 heavy (non-hydrogen) atoms. The van der Waals surface area contributed by atoms with Crippen LogP contribution in [0, 0.1) is 0 Å². The second-order valence-corrected chi connectivity index (χ2v) is 5.41. The summed E-state index contributed by atoms with van der Waals surface area (Å²) in [5, 5.41) is 0.864. The summed E-state index contributed by atoms with van der Waals surface area (Å²) in [6.45, 7) is 4.18. The molecule has 0 spiro atoms. The SMILES string of the molecule is CN1CCN(CC(=O)c2c(Cl)cccc2Cl)CC1. The number of benzene rings is 1. The van der Waals surface area contributed by atoms with Gasteiger partial charge in [0, 0.05) is 26.2 Å². The van der Waals surface area contributed by atoms with Gasteiger partial charge in [0.1, 0.15) is 0 Å². The molecule has 0 bridgehead atoms. The minimum atomic E-state index is -0.00449. The molecule has 0 radical (unpaired) electrons. The molecule has 1 aliphatic heterocycles. The molecular formula is C13H16Cl2N2O. The minimum absolute atomic E-state index is 0.00449. The number of piperazine rings is 1. The van der Waals surface area contributed by atoms with Crippen molar-refractivity contribution in [2.75, 3.05) is 39.8 Å². The van der Waals surface area contributed by atoms with Gasteiger partial charge in [-0.2, -0.15) is 0 Å². The number of carbonyl (C=O) groups excluding carboxylic acids is 1. The maximum atomic E-state index is 12.2. The summed E-state index contributed by atoms with van der Waals surface area (Å²) in [7, 11) is 2.09. The maximum absolute atomic E-state index is 12.2. The number of carbonyl (C=O) groups is 1. The van der Waals surface area contributed by atoms with Crippen LogP contribution in [0.1, 0.15) is 10.4 Å². The minimum Gasteiger partial charge on any atom is -0.304 e. The van der Waals surface area contributed by atoms with Crippen LogP contribution in [0.25, 0.3) is 0 Å². The molecule has 0 aliphatic carbocycles. The Morgan fingerprint density at radius 2 is 1.72 bits per heavy atom. The number of hydrogen-bond donors (Lipinski definition) is 0. The summed E-state index contributed by atoms with van der Waals surface area (Å²) >= 11 is 12.1. The van der Waals surface area contributed by atoms with Crippen molar-refractivity contribution < 1.29 is 4.79 Å². The Kier molecular flexibility index (Phi) is 4.62. The van der Waals surface area contributed by atoms with Crippen molar-refractivity contribution >= 4 is 29.0 Å². The molecule has 0 amide bonds. The normalized spacial score (nSPS) is 17.9. The molecule has 1 fully saturated rings. The van der Waals surface area contributed by atoms with Gasteiger partial charge in [-0.05, 0) is 19.2 Å². The molecular weight excluding hydrogens is 271 g/mol. The Balaban J connectivity index is 2.04. The number of halogens is 2. The zero-order valence-corrected chi connectivity index (χ0v) is 11.8. The first kappa shape index (κ1) is 13.8. The summed E-state index contributed by atoms with van der Waals surface area (Å²) in [5.41, 5.74) is 0.444. The quantitative estimate of drug-likeness (QED) is 0.798. The molecule has 1 heterocycles. The Labute approximate surface area is 117 Å². The smallest absolute Gasteiger partial charge is 0.179 e. The van der Waals surface area contributed by atoms with E-state index < -0.39 is 0 Å². The van der Waals surface area contributed by atoms with Crippen LogP contribution in [0.15, 0.2) is 18.2 Å². The van der Waals surface area contributed by atoms with E-state index in [9.17, 15) is 4.79 Å².